The van der Waals surface area contributed by atoms with Crippen molar-refractivity contribution in [2.75, 3.05) is 34.0 Å². The standard InChI is InChI=1S/C13H19NO3/c1-16-9-8-14(13(15)11-17-2)10-12-6-4-3-5-7-12/h3-7H,8-11H2,1-2H3. The second-order valence-corrected chi connectivity index (χ2v) is 3.73. The Balaban J connectivity index is 2.59. The number of carbonyl (C=O) groups is 1. The molecule has 1 aromatic rings. The summed E-state index contributed by atoms with van der Waals surface area (Å²) in [6.45, 7) is 1.80. The van der Waals surface area contributed by atoms with Gasteiger partial charge in [0.2, 0.25) is 5.91 Å². The van der Waals surface area contributed by atoms with Crippen molar-refractivity contribution >= 4 is 5.91 Å². The third-order valence-electron chi connectivity index (χ3n) is 2.40. The molecule has 0 aromatic heterocycles. The van der Waals surface area contributed by atoms with Crippen molar-refractivity contribution in [1.29, 1.82) is 0 Å². The van der Waals surface area contributed by atoms with Gasteiger partial charge in [-0.2, -0.15) is 0 Å². The van der Waals surface area contributed by atoms with Gasteiger partial charge < -0.3 is 14.4 Å². The third kappa shape index (κ3) is 4.97. The van der Waals surface area contributed by atoms with Crippen molar-refractivity contribution in [3.8, 4) is 0 Å². The summed E-state index contributed by atoms with van der Waals surface area (Å²) >= 11 is 0. The number of hydrogen-bond acceptors (Lipinski definition) is 3. The van der Waals surface area contributed by atoms with E-state index in [0.29, 0.717) is 19.7 Å². The minimum Gasteiger partial charge on any atom is -0.383 e. The lowest BCUT2D eigenvalue weighted by molar-refractivity contribution is -0.136. The van der Waals surface area contributed by atoms with Gasteiger partial charge in [0.15, 0.2) is 0 Å². The van der Waals surface area contributed by atoms with Gasteiger partial charge >= 0.3 is 0 Å². The fourth-order valence-electron chi connectivity index (χ4n) is 1.51. The van der Waals surface area contributed by atoms with Crippen LogP contribution < -0.4 is 0 Å². The van der Waals surface area contributed by atoms with Crippen molar-refractivity contribution in [3.63, 3.8) is 0 Å². The molecule has 0 heterocycles. The first-order valence-electron chi connectivity index (χ1n) is 5.57. The van der Waals surface area contributed by atoms with Gasteiger partial charge in [-0.25, -0.2) is 0 Å². The first kappa shape index (κ1) is 13.7. The van der Waals surface area contributed by atoms with Crippen LogP contribution in [0.3, 0.4) is 0 Å². The maximum atomic E-state index is 11.8. The number of nitrogens with zero attached hydrogens (tertiary/aromatic N) is 1. The Hall–Kier alpha value is -1.39. The van der Waals surface area contributed by atoms with Crippen LogP contribution in [0, 0.1) is 0 Å². The summed E-state index contributed by atoms with van der Waals surface area (Å²) in [5.41, 5.74) is 1.10. The molecule has 1 amide bonds. The van der Waals surface area contributed by atoms with Crippen LogP contribution in [0.1, 0.15) is 5.56 Å². The molecule has 0 aliphatic carbocycles. The molecule has 94 valence electrons. The molecule has 0 atom stereocenters. The molecule has 4 heteroatoms. The molecular formula is C13H19NO3. The van der Waals surface area contributed by atoms with E-state index in [4.69, 9.17) is 9.47 Å². The Morgan fingerprint density at radius 3 is 2.47 bits per heavy atom. The molecule has 17 heavy (non-hydrogen) atoms. The first-order valence-corrected chi connectivity index (χ1v) is 5.57. The van der Waals surface area contributed by atoms with Crippen LogP contribution in [0.25, 0.3) is 0 Å². The Morgan fingerprint density at radius 1 is 1.18 bits per heavy atom. The van der Waals surface area contributed by atoms with Crippen LogP contribution in [0.4, 0.5) is 0 Å². The summed E-state index contributed by atoms with van der Waals surface area (Å²) < 4.78 is 9.87. The first-order chi connectivity index (χ1) is 8.27. The monoisotopic (exact) mass is 237 g/mol. The zero-order valence-corrected chi connectivity index (χ0v) is 10.4. The van der Waals surface area contributed by atoms with E-state index in [1.54, 1.807) is 12.0 Å². The SMILES string of the molecule is COCCN(Cc1ccccc1)C(=O)COC. The maximum absolute atomic E-state index is 11.8. The number of carbonyl (C=O) groups excluding carboxylic acids is 1. The highest BCUT2D eigenvalue weighted by molar-refractivity contribution is 5.77. The molecule has 0 N–H and O–H groups in total. The van der Waals surface area contributed by atoms with E-state index in [9.17, 15) is 4.79 Å². The molecule has 0 aliphatic rings. The highest BCUT2D eigenvalue weighted by Gasteiger charge is 2.13. The van der Waals surface area contributed by atoms with Gasteiger partial charge in [0.05, 0.1) is 6.61 Å². The molecule has 0 fully saturated rings. The predicted molar refractivity (Wildman–Crippen MR) is 65.6 cm³/mol. The predicted octanol–water partition coefficient (Wildman–Crippen LogP) is 1.31. The van der Waals surface area contributed by atoms with Crippen LogP contribution >= 0.6 is 0 Å². The summed E-state index contributed by atoms with van der Waals surface area (Å²) in [5, 5.41) is 0. The fourth-order valence-corrected chi connectivity index (χ4v) is 1.51. The number of ether oxygens (including phenoxy) is 2. The number of methoxy groups -OCH3 is 2. The molecule has 0 bridgehead atoms. The molecule has 1 aromatic carbocycles. The second-order valence-electron chi connectivity index (χ2n) is 3.73. The van der Waals surface area contributed by atoms with Crippen LogP contribution in [0.5, 0.6) is 0 Å². The van der Waals surface area contributed by atoms with E-state index in [1.165, 1.54) is 7.11 Å². The van der Waals surface area contributed by atoms with Gasteiger partial charge in [-0.15, -0.1) is 0 Å². The summed E-state index contributed by atoms with van der Waals surface area (Å²) in [7, 11) is 3.15. The molecule has 0 unspecified atom stereocenters. The lowest BCUT2D eigenvalue weighted by Crippen LogP contribution is -2.35. The fraction of sp³-hybridized carbons (Fsp3) is 0.462. The Bertz CT molecular complexity index is 327. The van der Waals surface area contributed by atoms with Crippen molar-refractivity contribution in [3.05, 3.63) is 35.9 Å². The Morgan fingerprint density at radius 2 is 1.88 bits per heavy atom. The zero-order chi connectivity index (χ0) is 12.5. The quantitative estimate of drug-likeness (QED) is 0.717. The van der Waals surface area contributed by atoms with Gasteiger partial charge in [-0.1, -0.05) is 30.3 Å². The van der Waals surface area contributed by atoms with E-state index in [1.807, 2.05) is 30.3 Å². The number of rotatable bonds is 7. The minimum atomic E-state index is -0.0200. The second kappa shape index (κ2) is 7.81. The number of amides is 1. The van der Waals surface area contributed by atoms with Gasteiger partial charge in [-0.05, 0) is 5.56 Å². The lowest BCUT2D eigenvalue weighted by Gasteiger charge is -2.22. The summed E-state index contributed by atoms with van der Waals surface area (Å²) in [6, 6.07) is 9.88. The molecule has 4 nitrogen and oxygen atoms in total. The number of benzene rings is 1. The van der Waals surface area contributed by atoms with Crippen molar-refractivity contribution < 1.29 is 14.3 Å². The van der Waals surface area contributed by atoms with Crippen LogP contribution in [0.2, 0.25) is 0 Å². The lowest BCUT2D eigenvalue weighted by atomic mass is 10.2. The molecule has 0 saturated heterocycles. The molecular weight excluding hydrogens is 218 g/mol. The minimum absolute atomic E-state index is 0.0200. The average molecular weight is 237 g/mol. The van der Waals surface area contributed by atoms with E-state index in [-0.39, 0.29) is 12.5 Å². The van der Waals surface area contributed by atoms with E-state index >= 15 is 0 Å². The van der Waals surface area contributed by atoms with Crippen LogP contribution in [-0.2, 0) is 20.8 Å². The van der Waals surface area contributed by atoms with E-state index < -0.39 is 0 Å². The maximum Gasteiger partial charge on any atom is 0.248 e. The van der Waals surface area contributed by atoms with Gasteiger partial charge in [0, 0.05) is 27.3 Å². The van der Waals surface area contributed by atoms with Crippen molar-refractivity contribution in [1.82, 2.24) is 4.90 Å². The smallest absolute Gasteiger partial charge is 0.248 e. The molecule has 1 rings (SSSR count). The largest absolute Gasteiger partial charge is 0.383 e. The molecule has 0 spiro atoms. The number of hydrogen-bond donors (Lipinski definition) is 0. The summed E-state index contributed by atoms with van der Waals surface area (Å²) in [6.07, 6.45) is 0. The van der Waals surface area contributed by atoms with Gasteiger partial charge in [-0.3, -0.25) is 4.79 Å². The molecule has 0 saturated carbocycles. The van der Waals surface area contributed by atoms with E-state index in [0.717, 1.165) is 5.56 Å². The summed E-state index contributed by atoms with van der Waals surface area (Å²) in [5.74, 6) is -0.0200. The highest BCUT2D eigenvalue weighted by atomic mass is 16.5. The normalized spacial score (nSPS) is 10.2. The Kier molecular flexibility index (Phi) is 6.29. The topological polar surface area (TPSA) is 38.8 Å². The highest BCUT2D eigenvalue weighted by Crippen LogP contribution is 2.04. The van der Waals surface area contributed by atoms with Crippen molar-refractivity contribution in [2.24, 2.45) is 0 Å². The van der Waals surface area contributed by atoms with Crippen LogP contribution in [-0.4, -0.2) is 44.8 Å². The molecule has 0 aliphatic heterocycles. The van der Waals surface area contributed by atoms with Gasteiger partial charge in [0.25, 0.3) is 0 Å². The van der Waals surface area contributed by atoms with E-state index in [2.05, 4.69) is 0 Å². The van der Waals surface area contributed by atoms with Crippen LogP contribution in [0.15, 0.2) is 30.3 Å². The Labute approximate surface area is 102 Å². The van der Waals surface area contributed by atoms with Crippen molar-refractivity contribution in [2.45, 2.75) is 6.54 Å². The zero-order valence-electron chi connectivity index (χ0n) is 10.4. The molecule has 0 radical (unpaired) electrons. The summed E-state index contributed by atoms with van der Waals surface area (Å²) in [4.78, 5) is 13.5. The third-order valence-corrected chi connectivity index (χ3v) is 2.40. The average Bonchev–Trinajstić information content (AvgIpc) is 2.36. The van der Waals surface area contributed by atoms with Gasteiger partial charge in [0.1, 0.15) is 6.61 Å².